The maximum absolute atomic E-state index is 10.1. The van der Waals surface area contributed by atoms with Gasteiger partial charge in [0.05, 0.1) is 12.5 Å². The van der Waals surface area contributed by atoms with Gasteiger partial charge in [-0.25, -0.2) is 0 Å². The van der Waals surface area contributed by atoms with Gasteiger partial charge in [0.15, 0.2) is 11.5 Å². The molecule has 1 atom stereocenters. The average molecular weight is 358 g/mol. The van der Waals surface area contributed by atoms with Crippen molar-refractivity contribution in [3.05, 3.63) is 77.2 Å². The van der Waals surface area contributed by atoms with Crippen LogP contribution in [0.5, 0.6) is 17.2 Å². The van der Waals surface area contributed by atoms with Crippen LogP contribution < -0.4 is 15.2 Å². The fraction of sp³-hybridized carbons (Fsp3) is 0.136. The zero-order chi connectivity index (χ0) is 19.0. The lowest BCUT2D eigenvalue weighted by Gasteiger charge is -2.28. The van der Waals surface area contributed by atoms with Crippen molar-refractivity contribution < 1.29 is 14.6 Å². The van der Waals surface area contributed by atoms with Crippen LogP contribution in [0.15, 0.2) is 66.1 Å². The molecule has 4 rings (SSSR count). The molecule has 0 spiro atoms. The van der Waals surface area contributed by atoms with Crippen molar-refractivity contribution in [2.45, 2.75) is 12.8 Å². The van der Waals surface area contributed by atoms with Crippen molar-refractivity contribution >= 4 is 10.8 Å². The summed E-state index contributed by atoms with van der Waals surface area (Å²) in [5.74, 6) is 0.739. The summed E-state index contributed by atoms with van der Waals surface area (Å²) in [7, 11) is 0. The minimum atomic E-state index is -0.412. The van der Waals surface area contributed by atoms with Gasteiger partial charge in [-0.2, -0.15) is 5.26 Å². The summed E-state index contributed by atoms with van der Waals surface area (Å²) in [5, 5.41) is 21.9. The van der Waals surface area contributed by atoms with E-state index < -0.39 is 5.92 Å². The highest BCUT2D eigenvalue weighted by atomic mass is 16.5. The number of rotatable bonds is 3. The fourth-order valence-corrected chi connectivity index (χ4v) is 3.56. The predicted molar refractivity (Wildman–Crippen MR) is 103 cm³/mol. The van der Waals surface area contributed by atoms with Gasteiger partial charge in [0.1, 0.15) is 17.4 Å². The van der Waals surface area contributed by atoms with E-state index in [0.29, 0.717) is 23.7 Å². The van der Waals surface area contributed by atoms with Gasteiger partial charge in [-0.05, 0) is 41.5 Å². The van der Waals surface area contributed by atoms with Gasteiger partial charge in [-0.3, -0.25) is 0 Å². The number of benzene rings is 3. The molecule has 0 fully saturated rings. The van der Waals surface area contributed by atoms with Crippen molar-refractivity contribution in [2.75, 3.05) is 6.61 Å². The van der Waals surface area contributed by atoms with E-state index in [4.69, 9.17) is 15.2 Å². The molecule has 0 aliphatic carbocycles. The zero-order valence-electron chi connectivity index (χ0n) is 14.8. The third kappa shape index (κ3) is 2.72. The monoisotopic (exact) mass is 358 g/mol. The quantitative estimate of drug-likeness (QED) is 0.734. The number of hydrogen-bond donors (Lipinski definition) is 2. The minimum absolute atomic E-state index is 0.0567. The van der Waals surface area contributed by atoms with Crippen molar-refractivity contribution in [1.29, 1.82) is 5.26 Å². The first-order valence-corrected chi connectivity index (χ1v) is 8.69. The first-order valence-electron chi connectivity index (χ1n) is 8.69. The summed E-state index contributed by atoms with van der Waals surface area (Å²) in [4.78, 5) is 0. The van der Waals surface area contributed by atoms with Crippen molar-refractivity contribution in [3.63, 3.8) is 0 Å². The van der Waals surface area contributed by atoms with Crippen molar-refractivity contribution in [3.8, 4) is 23.3 Å². The molecule has 1 aliphatic heterocycles. The van der Waals surface area contributed by atoms with Crippen LogP contribution in [0.25, 0.3) is 10.8 Å². The van der Waals surface area contributed by atoms with Crippen molar-refractivity contribution in [1.82, 2.24) is 0 Å². The lowest BCUT2D eigenvalue weighted by molar-refractivity contribution is 0.317. The van der Waals surface area contributed by atoms with Crippen LogP contribution in [0, 0.1) is 11.3 Å². The molecule has 1 aliphatic rings. The van der Waals surface area contributed by atoms with E-state index in [9.17, 15) is 10.4 Å². The summed E-state index contributed by atoms with van der Waals surface area (Å²) >= 11 is 0. The van der Waals surface area contributed by atoms with Gasteiger partial charge in [-0.1, -0.05) is 36.4 Å². The third-order valence-electron chi connectivity index (χ3n) is 4.73. The standard InChI is InChI=1S/C22H18N2O3/c1-2-26-19-11-14(7-9-17(19)25)20-16(12-23)22(24)27-18-10-8-13-5-3-4-6-15(13)21(18)20/h3-11,20,25H,2,24H2,1H3. The van der Waals surface area contributed by atoms with Crippen LogP contribution in [0.3, 0.4) is 0 Å². The number of phenols is 1. The first-order chi connectivity index (χ1) is 13.1. The molecule has 0 saturated carbocycles. The number of hydrogen-bond acceptors (Lipinski definition) is 5. The van der Waals surface area contributed by atoms with E-state index in [1.807, 2.05) is 43.3 Å². The molecule has 3 aromatic rings. The van der Waals surface area contributed by atoms with E-state index in [2.05, 4.69) is 6.07 Å². The highest BCUT2D eigenvalue weighted by molar-refractivity contribution is 5.90. The molecule has 3 N–H and O–H groups in total. The highest BCUT2D eigenvalue weighted by Gasteiger charge is 2.32. The van der Waals surface area contributed by atoms with Gasteiger partial charge >= 0.3 is 0 Å². The maximum Gasteiger partial charge on any atom is 0.205 e. The van der Waals surface area contributed by atoms with Crippen LogP contribution in [0.4, 0.5) is 0 Å². The Morgan fingerprint density at radius 3 is 2.78 bits per heavy atom. The smallest absolute Gasteiger partial charge is 0.205 e. The van der Waals surface area contributed by atoms with Crippen molar-refractivity contribution in [2.24, 2.45) is 5.73 Å². The second kappa shape index (κ2) is 6.58. The fourth-order valence-electron chi connectivity index (χ4n) is 3.56. The number of phenolic OH excluding ortho intramolecular Hbond substituents is 1. The lowest BCUT2D eigenvalue weighted by atomic mass is 9.81. The SMILES string of the molecule is CCOc1cc(C2C(C#N)=C(N)Oc3ccc4ccccc4c32)ccc1O. The molecule has 5 heteroatoms. The molecule has 134 valence electrons. The second-order valence-electron chi connectivity index (χ2n) is 6.28. The molecule has 0 bridgehead atoms. The molecule has 3 aromatic carbocycles. The van der Waals surface area contributed by atoms with Crippen LogP contribution in [-0.2, 0) is 0 Å². The van der Waals surface area contributed by atoms with Crippen LogP contribution >= 0.6 is 0 Å². The topological polar surface area (TPSA) is 88.5 Å². The molecular formula is C22H18N2O3. The zero-order valence-corrected chi connectivity index (χ0v) is 14.8. The van der Waals surface area contributed by atoms with Crippen LogP contribution in [0.1, 0.15) is 24.0 Å². The Labute approximate surface area is 156 Å². The largest absolute Gasteiger partial charge is 0.504 e. The van der Waals surface area contributed by atoms with E-state index >= 15 is 0 Å². The van der Waals surface area contributed by atoms with E-state index in [0.717, 1.165) is 21.9 Å². The molecule has 1 unspecified atom stereocenters. The Morgan fingerprint density at radius 1 is 1.19 bits per heavy atom. The van der Waals surface area contributed by atoms with E-state index in [-0.39, 0.29) is 11.6 Å². The van der Waals surface area contributed by atoms with E-state index in [1.165, 1.54) is 0 Å². The summed E-state index contributed by atoms with van der Waals surface area (Å²) in [5.41, 5.74) is 8.08. The molecule has 0 aromatic heterocycles. The summed E-state index contributed by atoms with van der Waals surface area (Å²) in [6, 6.07) is 19.1. The number of nitrogens with two attached hydrogens (primary N) is 1. The normalized spacial score (nSPS) is 15.8. The Balaban J connectivity index is 2.01. The number of aromatic hydroxyl groups is 1. The van der Waals surface area contributed by atoms with Gasteiger partial charge in [0.2, 0.25) is 5.88 Å². The summed E-state index contributed by atoms with van der Waals surface area (Å²) in [6.45, 7) is 2.27. The van der Waals surface area contributed by atoms with Gasteiger partial charge < -0.3 is 20.3 Å². The molecule has 1 heterocycles. The molecule has 0 saturated heterocycles. The number of fused-ring (bicyclic) bond motifs is 3. The summed E-state index contributed by atoms with van der Waals surface area (Å²) < 4.78 is 11.3. The first kappa shape index (κ1) is 16.8. The number of nitriles is 1. The Morgan fingerprint density at radius 2 is 2.00 bits per heavy atom. The van der Waals surface area contributed by atoms with Crippen LogP contribution in [-0.4, -0.2) is 11.7 Å². The van der Waals surface area contributed by atoms with E-state index in [1.54, 1.807) is 18.2 Å². The van der Waals surface area contributed by atoms with Gasteiger partial charge in [-0.15, -0.1) is 0 Å². The predicted octanol–water partition coefficient (Wildman–Crippen LogP) is 4.16. The van der Waals surface area contributed by atoms with Gasteiger partial charge in [0, 0.05) is 5.56 Å². The van der Waals surface area contributed by atoms with Gasteiger partial charge in [0.25, 0.3) is 0 Å². The minimum Gasteiger partial charge on any atom is -0.504 e. The Bertz CT molecular complexity index is 1110. The van der Waals surface area contributed by atoms with Crippen LogP contribution in [0.2, 0.25) is 0 Å². The molecular weight excluding hydrogens is 340 g/mol. The molecule has 0 amide bonds. The molecule has 5 nitrogen and oxygen atoms in total. The number of nitrogens with zero attached hydrogens (tertiary/aromatic N) is 1. The average Bonchev–Trinajstić information content (AvgIpc) is 2.68. The Kier molecular flexibility index (Phi) is 4.09. The number of ether oxygens (including phenoxy) is 2. The highest BCUT2D eigenvalue weighted by Crippen LogP contribution is 2.46. The molecule has 0 radical (unpaired) electrons. The third-order valence-corrected chi connectivity index (χ3v) is 4.73. The molecule has 27 heavy (non-hydrogen) atoms. The lowest BCUT2D eigenvalue weighted by Crippen LogP contribution is -2.21. The summed E-state index contributed by atoms with van der Waals surface area (Å²) in [6.07, 6.45) is 0. The maximum atomic E-state index is 10.1. The Hall–Kier alpha value is -3.65. The number of allylic oxidation sites excluding steroid dienone is 1. The second-order valence-corrected chi connectivity index (χ2v) is 6.28.